The van der Waals surface area contributed by atoms with Crippen molar-refractivity contribution in [1.82, 2.24) is 0 Å². The largest absolute Gasteiger partial charge is 0.349 e. The van der Waals surface area contributed by atoms with E-state index < -0.39 is 0 Å². The summed E-state index contributed by atoms with van der Waals surface area (Å²) in [6.07, 6.45) is 17.3. The molecule has 0 saturated carbocycles. The van der Waals surface area contributed by atoms with Crippen LogP contribution in [0, 0.1) is 5.92 Å². The molecule has 0 saturated heterocycles. The molecule has 0 bridgehead atoms. The van der Waals surface area contributed by atoms with Gasteiger partial charge >= 0.3 is 0 Å². The van der Waals surface area contributed by atoms with Gasteiger partial charge in [-0.25, -0.2) is 0 Å². The van der Waals surface area contributed by atoms with Gasteiger partial charge < -0.3 is 9.80 Å². The van der Waals surface area contributed by atoms with Crippen molar-refractivity contribution in [3.63, 3.8) is 0 Å². The van der Waals surface area contributed by atoms with Crippen molar-refractivity contribution in [3.05, 3.63) is 181 Å². The molecule has 256 valence electrons. The molecule has 0 fully saturated rings. The number of likely N-dealkylation sites (N-methyl/N-ethyl adjacent to an activating group) is 1. The first kappa shape index (κ1) is 31.6. The Labute approximate surface area is 312 Å². The summed E-state index contributed by atoms with van der Waals surface area (Å²) < 4.78 is 0. The Bertz CT molecular complexity index is 2690. The zero-order chi connectivity index (χ0) is 35.5. The van der Waals surface area contributed by atoms with Crippen LogP contribution in [-0.4, -0.2) is 13.2 Å². The predicted molar refractivity (Wildman–Crippen MR) is 228 cm³/mol. The third-order valence-electron chi connectivity index (χ3n) is 11.6. The van der Waals surface area contributed by atoms with Gasteiger partial charge in [-0.3, -0.25) is 0 Å². The lowest BCUT2D eigenvalue weighted by Crippen LogP contribution is -2.41. The molecule has 0 N–H and O–H groups in total. The van der Waals surface area contributed by atoms with Crippen LogP contribution in [0.2, 0.25) is 0 Å². The second-order valence-electron chi connectivity index (χ2n) is 15.0. The summed E-state index contributed by atoms with van der Waals surface area (Å²) in [6, 6.07) is 49.9. The highest BCUT2D eigenvalue weighted by atomic mass is 15.4. The lowest BCUT2D eigenvalue weighted by Gasteiger charge is -2.34. The fraction of sp³-hybridized carbons (Fsp3) is 0.137. The van der Waals surface area contributed by atoms with Gasteiger partial charge in [0.2, 0.25) is 0 Å². The molecule has 7 aromatic carbocycles. The van der Waals surface area contributed by atoms with Crippen LogP contribution in [0.5, 0.6) is 0 Å². The molecular formula is C51H42N2. The molecule has 2 heteroatoms. The number of fused-ring (bicyclic) bond motifs is 4. The maximum atomic E-state index is 2.53. The fourth-order valence-corrected chi connectivity index (χ4v) is 9.10. The minimum absolute atomic E-state index is 0.146. The molecule has 0 aromatic heterocycles. The van der Waals surface area contributed by atoms with Gasteiger partial charge in [0.05, 0.1) is 11.4 Å². The summed E-state index contributed by atoms with van der Waals surface area (Å²) in [6.45, 7) is 2.31. The molecule has 2 aliphatic carbocycles. The number of anilines is 3. The normalized spacial score (nSPS) is 18.2. The van der Waals surface area contributed by atoms with Gasteiger partial charge in [0.15, 0.2) is 0 Å². The van der Waals surface area contributed by atoms with Crippen LogP contribution in [-0.2, 0) is 0 Å². The van der Waals surface area contributed by atoms with Crippen molar-refractivity contribution >= 4 is 55.0 Å². The molecule has 2 nitrogen and oxygen atoms in total. The standard InChI is InChI=1S/C51H42N2/c1-34-13-12-18-41(31-34)51-52(2)47-21-10-11-22-48(47)53(51)42-28-25-36(26-29-42)39-27-30-45-46(33-39)49(37-15-4-3-5-16-37)43-19-8-9-20-44(43)50(45)40-24-23-35-14-6-7-17-38(35)32-40/h4,6-30,32-34,51H,3,5,31H2,1-2H3. The van der Waals surface area contributed by atoms with Crippen LogP contribution >= 0.6 is 0 Å². The summed E-state index contributed by atoms with van der Waals surface area (Å²) >= 11 is 0. The zero-order valence-corrected chi connectivity index (χ0v) is 30.3. The van der Waals surface area contributed by atoms with Crippen LogP contribution in [0.3, 0.4) is 0 Å². The second kappa shape index (κ2) is 12.8. The molecule has 2 unspecified atom stereocenters. The number of nitrogens with zero attached hydrogens (tertiary/aromatic N) is 2. The Kier molecular flexibility index (Phi) is 7.65. The minimum Gasteiger partial charge on any atom is -0.349 e. The molecule has 0 radical (unpaired) electrons. The number of para-hydroxylation sites is 2. The van der Waals surface area contributed by atoms with Crippen molar-refractivity contribution in [1.29, 1.82) is 0 Å². The Hall–Kier alpha value is -6.12. The molecule has 1 heterocycles. The first-order chi connectivity index (χ1) is 26.1. The lowest BCUT2D eigenvalue weighted by molar-refractivity contribution is 0.634. The third kappa shape index (κ3) is 5.32. The zero-order valence-electron chi connectivity index (χ0n) is 30.3. The summed E-state index contributed by atoms with van der Waals surface area (Å²) in [5.41, 5.74) is 12.8. The van der Waals surface area contributed by atoms with E-state index in [-0.39, 0.29) is 6.17 Å². The monoisotopic (exact) mass is 682 g/mol. The van der Waals surface area contributed by atoms with Crippen LogP contribution < -0.4 is 9.80 Å². The summed E-state index contributed by atoms with van der Waals surface area (Å²) in [5, 5.41) is 7.72. The maximum Gasteiger partial charge on any atom is 0.129 e. The van der Waals surface area contributed by atoms with Gasteiger partial charge in [-0.1, -0.05) is 140 Å². The van der Waals surface area contributed by atoms with Gasteiger partial charge in [0.1, 0.15) is 6.17 Å². The second-order valence-corrected chi connectivity index (χ2v) is 15.0. The topological polar surface area (TPSA) is 6.48 Å². The van der Waals surface area contributed by atoms with Crippen molar-refractivity contribution in [2.24, 2.45) is 5.92 Å². The Morgan fingerprint density at radius 2 is 1.28 bits per heavy atom. The first-order valence-electron chi connectivity index (χ1n) is 19.1. The number of rotatable bonds is 5. The molecule has 1 aliphatic heterocycles. The van der Waals surface area contributed by atoms with E-state index in [1.807, 2.05) is 0 Å². The van der Waals surface area contributed by atoms with Gasteiger partial charge in [-0.05, 0) is 133 Å². The van der Waals surface area contributed by atoms with E-state index in [0.29, 0.717) is 5.92 Å². The highest BCUT2D eigenvalue weighted by molar-refractivity contribution is 6.20. The average Bonchev–Trinajstić information content (AvgIpc) is 3.51. The highest BCUT2D eigenvalue weighted by Gasteiger charge is 2.37. The highest BCUT2D eigenvalue weighted by Crippen LogP contribution is 2.48. The SMILES string of the molecule is CC1C=CC=C(C2N(C)c3ccccc3N2c2ccc(-c3ccc4c(-c5ccc6ccccc6c5)c5ccccc5c(C5=CCCC=C5)c4c3)cc2)C1. The molecular weight excluding hydrogens is 641 g/mol. The quantitative estimate of drug-likeness (QED) is 0.167. The number of hydrogen-bond acceptors (Lipinski definition) is 2. The third-order valence-corrected chi connectivity index (χ3v) is 11.6. The van der Waals surface area contributed by atoms with Gasteiger partial charge in [0.25, 0.3) is 0 Å². The van der Waals surface area contributed by atoms with E-state index in [1.165, 1.54) is 88.3 Å². The molecule has 53 heavy (non-hydrogen) atoms. The minimum atomic E-state index is 0.146. The Morgan fingerprint density at radius 3 is 2.08 bits per heavy atom. The van der Waals surface area contributed by atoms with E-state index in [1.54, 1.807) is 0 Å². The Balaban J connectivity index is 1.13. The van der Waals surface area contributed by atoms with Crippen LogP contribution in [0.25, 0.3) is 60.1 Å². The maximum absolute atomic E-state index is 2.53. The van der Waals surface area contributed by atoms with Gasteiger partial charge in [-0.15, -0.1) is 0 Å². The van der Waals surface area contributed by atoms with E-state index >= 15 is 0 Å². The average molecular weight is 683 g/mol. The molecule has 2 atom stereocenters. The molecule has 0 amide bonds. The van der Waals surface area contributed by atoms with Gasteiger partial charge in [-0.2, -0.15) is 0 Å². The van der Waals surface area contributed by atoms with E-state index in [0.717, 1.165) is 19.3 Å². The van der Waals surface area contributed by atoms with E-state index in [4.69, 9.17) is 0 Å². The summed E-state index contributed by atoms with van der Waals surface area (Å²) in [4.78, 5) is 4.97. The summed E-state index contributed by atoms with van der Waals surface area (Å²) in [5.74, 6) is 0.535. The first-order valence-corrected chi connectivity index (χ1v) is 19.1. The molecule has 7 aromatic rings. The lowest BCUT2D eigenvalue weighted by atomic mass is 9.83. The van der Waals surface area contributed by atoms with E-state index in [9.17, 15) is 0 Å². The Morgan fingerprint density at radius 1 is 0.585 bits per heavy atom. The van der Waals surface area contributed by atoms with Crippen molar-refractivity contribution < 1.29 is 0 Å². The predicted octanol–water partition coefficient (Wildman–Crippen LogP) is 13.6. The number of hydrogen-bond donors (Lipinski definition) is 0. The number of allylic oxidation sites excluding steroid dienone is 7. The number of benzene rings is 7. The van der Waals surface area contributed by atoms with Crippen molar-refractivity contribution in [3.8, 4) is 22.3 Å². The molecule has 0 spiro atoms. The smallest absolute Gasteiger partial charge is 0.129 e. The van der Waals surface area contributed by atoms with Crippen LogP contribution in [0.15, 0.2) is 175 Å². The molecule has 10 rings (SSSR count). The van der Waals surface area contributed by atoms with Crippen LogP contribution in [0.4, 0.5) is 17.1 Å². The van der Waals surface area contributed by atoms with Crippen LogP contribution in [0.1, 0.15) is 31.7 Å². The van der Waals surface area contributed by atoms with E-state index in [2.05, 4.69) is 194 Å². The fourth-order valence-electron chi connectivity index (χ4n) is 9.10. The summed E-state index contributed by atoms with van der Waals surface area (Å²) in [7, 11) is 2.24. The van der Waals surface area contributed by atoms with Gasteiger partial charge in [0, 0.05) is 12.7 Å². The van der Waals surface area contributed by atoms with Crippen molar-refractivity contribution in [2.45, 2.75) is 32.4 Å². The van der Waals surface area contributed by atoms with Crippen molar-refractivity contribution in [2.75, 3.05) is 16.8 Å². The molecule has 3 aliphatic rings.